The molecule has 5 heteroatoms. The van der Waals surface area contributed by atoms with E-state index in [9.17, 15) is 8.42 Å². The Balaban J connectivity index is 1.65. The Morgan fingerprint density at radius 3 is 2.57 bits per heavy atom. The lowest BCUT2D eigenvalue weighted by Gasteiger charge is -2.11. The van der Waals surface area contributed by atoms with Gasteiger partial charge in [0.2, 0.25) is 0 Å². The van der Waals surface area contributed by atoms with Gasteiger partial charge in [0, 0.05) is 6.42 Å². The molecule has 0 fully saturated rings. The number of rotatable bonds is 4. The highest BCUT2D eigenvalue weighted by Gasteiger charge is 2.25. The maximum Gasteiger partial charge on any atom is 0.297 e. The molecule has 2 aromatic carbocycles. The lowest BCUT2D eigenvalue weighted by Crippen LogP contribution is -2.23. The molecule has 0 N–H and O–H groups in total. The molecule has 1 unspecified atom stereocenters. The van der Waals surface area contributed by atoms with Crippen LogP contribution in [0.5, 0.6) is 5.75 Å². The fraction of sp³-hybridized carbons (Fsp3) is 0.250. The van der Waals surface area contributed by atoms with Gasteiger partial charge in [-0.25, -0.2) is 0 Å². The van der Waals surface area contributed by atoms with Crippen LogP contribution in [-0.2, 0) is 20.7 Å². The number of hydrogen-bond donors (Lipinski definition) is 0. The van der Waals surface area contributed by atoms with E-state index in [0.29, 0.717) is 6.42 Å². The molecule has 0 amide bonds. The third-order valence-corrected chi connectivity index (χ3v) is 4.73. The summed E-state index contributed by atoms with van der Waals surface area (Å²) in [5, 5.41) is 0. The van der Waals surface area contributed by atoms with Gasteiger partial charge in [-0.1, -0.05) is 35.9 Å². The van der Waals surface area contributed by atoms with Crippen LogP contribution in [0.3, 0.4) is 0 Å². The maximum absolute atomic E-state index is 12.1. The Bertz CT molecular complexity index is 710. The first-order chi connectivity index (χ1) is 10.0. The number of fused-ring (bicyclic) bond motifs is 1. The minimum absolute atomic E-state index is 0.0187. The van der Waals surface area contributed by atoms with Gasteiger partial charge in [0.1, 0.15) is 18.5 Å². The molecular formula is C16H16O4S. The van der Waals surface area contributed by atoms with Gasteiger partial charge in [-0.05, 0) is 30.7 Å². The van der Waals surface area contributed by atoms with Gasteiger partial charge in [0.15, 0.2) is 0 Å². The zero-order valence-electron chi connectivity index (χ0n) is 11.7. The average Bonchev–Trinajstić information content (AvgIpc) is 2.89. The van der Waals surface area contributed by atoms with Crippen molar-refractivity contribution in [2.24, 2.45) is 0 Å². The molecule has 0 bridgehead atoms. The third-order valence-electron chi connectivity index (χ3n) is 3.43. The summed E-state index contributed by atoms with van der Waals surface area (Å²) < 4.78 is 35.0. The van der Waals surface area contributed by atoms with E-state index in [-0.39, 0.29) is 17.6 Å². The summed E-state index contributed by atoms with van der Waals surface area (Å²) in [6.07, 6.45) is 0.405. The summed E-state index contributed by atoms with van der Waals surface area (Å²) in [5.74, 6) is 0.804. The highest BCUT2D eigenvalue weighted by atomic mass is 32.2. The first kappa shape index (κ1) is 14.1. The molecule has 4 nitrogen and oxygen atoms in total. The van der Waals surface area contributed by atoms with Gasteiger partial charge >= 0.3 is 0 Å². The van der Waals surface area contributed by atoms with Crippen LogP contribution in [0, 0.1) is 6.92 Å². The fourth-order valence-electron chi connectivity index (χ4n) is 2.29. The molecule has 0 spiro atoms. The molecule has 0 aromatic heterocycles. The van der Waals surface area contributed by atoms with Crippen LogP contribution in [0.25, 0.3) is 0 Å². The smallest absolute Gasteiger partial charge is 0.297 e. The largest absolute Gasteiger partial charge is 0.487 e. The number of ether oxygens (including phenoxy) is 1. The van der Waals surface area contributed by atoms with Crippen LogP contribution in [0.4, 0.5) is 0 Å². The molecule has 2 aromatic rings. The SMILES string of the molecule is Cc1ccc(S(=O)(=O)OCC2Cc3ccccc3O2)cc1. The lowest BCUT2D eigenvalue weighted by molar-refractivity contribution is 0.152. The van der Waals surface area contributed by atoms with E-state index in [4.69, 9.17) is 8.92 Å². The van der Waals surface area contributed by atoms with Gasteiger partial charge in [-0.2, -0.15) is 8.42 Å². The van der Waals surface area contributed by atoms with Crippen molar-refractivity contribution in [1.29, 1.82) is 0 Å². The minimum atomic E-state index is -3.73. The van der Waals surface area contributed by atoms with E-state index in [1.165, 1.54) is 0 Å². The number of para-hydroxylation sites is 1. The summed E-state index contributed by atoms with van der Waals surface area (Å²) in [4.78, 5) is 0.170. The average molecular weight is 304 g/mol. The van der Waals surface area contributed by atoms with Crippen molar-refractivity contribution in [2.45, 2.75) is 24.3 Å². The second kappa shape index (κ2) is 5.50. The van der Waals surface area contributed by atoms with E-state index in [0.717, 1.165) is 16.9 Å². The van der Waals surface area contributed by atoms with Crippen molar-refractivity contribution in [3.63, 3.8) is 0 Å². The normalized spacial score (nSPS) is 17.3. The molecule has 1 atom stereocenters. The molecule has 1 heterocycles. The van der Waals surface area contributed by atoms with Crippen molar-refractivity contribution < 1.29 is 17.3 Å². The first-order valence-electron chi connectivity index (χ1n) is 6.75. The van der Waals surface area contributed by atoms with Gasteiger partial charge in [0.05, 0.1) is 4.90 Å². The standard InChI is InChI=1S/C16H16O4S/c1-12-6-8-15(9-7-12)21(17,18)19-11-14-10-13-4-2-3-5-16(13)20-14/h2-9,14H,10-11H2,1H3. The van der Waals surface area contributed by atoms with Gasteiger partial charge < -0.3 is 4.74 Å². The van der Waals surface area contributed by atoms with Crippen molar-refractivity contribution in [2.75, 3.05) is 6.61 Å². The summed E-state index contributed by atoms with van der Waals surface area (Å²) in [6, 6.07) is 14.3. The molecule has 1 aliphatic heterocycles. The summed E-state index contributed by atoms with van der Waals surface area (Å²) in [7, 11) is -3.73. The minimum Gasteiger partial charge on any atom is -0.487 e. The number of benzene rings is 2. The van der Waals surface area contributed by atoms with E-state index in [1.807, 2.05) is 31.2 Å². The molecule has 0 radical (unpaired) electrons. The Hall–Kier alpha value is -1.85. The van der Waals surface area contributed by atoms with Crippen LogP contribution in [-0.4, -0.2) is 21.1 Å². The monoisotopic (exact) mass is 304 g/mol. The molecular weight excluding hydrogens is 288 g/mol. The molecule has 3 rings (SSSR count). The van der Waals surface area contributed by atoms with Gasteiger partial charge in [0.25, 0.3) is 10.1 Å². The fourth-order valence-corrected chi connectivity index (χ4v) is 3.22. The first-order valence-corrected chi connectivity index (χ1v) is 8.16. The predicted octanol–water partition coefficient (Wildman–Crippen LogP) is 2.70. The quantitative estimate of drug-likeness (QED) is 0.815. The van der Waals surface area contributed by atoms with Crippen LogP contribution in [0.1, 0.15) is 11.1 Å². The summed E-state index contributed by atoms with van der Waals surface area (Å²) in [6.45, 7) is 1.92. The van der Waals surface area contributed by atoms with Crippen molar-refractivity contribution >= 4 is 10.1 Å². The number of hydrogen-bond acceptors (Lipinski definition) is 4. The van der Waals surface area contributed by atoms with Crippen molar-refractivity contribution in [3.05, 3.63) is 59.7 Å². The number of aryl methyl sites for hydroxylation is 1. The van der Waals surface area contributed by atoms with E-state index >= 15 is 0 Å². The maximum atomic E-state index is 12.1. The predicted molar refractivity (Wildman–Crippen MR) is 78.9 cm³/mol. The molecule has 0 aliphatic carbocycles. The molecule has 1 aliphatic rings. The summed E-state index contributed by atoms with van der Waals surface area (Å²) >= 11 is 0. The van der Waals surface area contributed by atoms with Crippen LogP contribution in [0.15, 0.2) is 53.4 Å². The van der Waals surface area contributed by atoms with Crippen LogP contribution >= 0.6 is 0 Å². The van der Waals surface area contributed by atoms with Crippen molar-refractivity contribution in [3.8, 4) is 5.75 Å². The van der Waals surface area contributed by atoms with Crippen molar-refractivity contribution in [1.82, 2.24) is 0 Å². The molecule has 0 saturated heterocycles. The Kier molecular flexibility index (Phi) is 3.69. The van der Waals surface area contributed by atoms with Gasteiger partial charge in [-0.3, -0.25) is 4.18 Å². The second-order valence-electron chi connectivity index (χ2n) is 5.10. The topological polar surface area (TPSA) is 52.6 Å². The molecule has 21 heavy (non-hydrogen) atoms. The van der Waals surface area contributed by atoms with Crippen LogP contribution in [0.2, 0.25) is 0 Å². The Labute approximate surface area is 124 Å². The van der Waals surface area contributed by atoms with E-state index < -0.39 is 10.1 Å². The molecule has 0 saturated carbocycles. The third kappa shape index (κ3) is 3.09. The highest BCUT2D eigenvalue weighted by molar-refractivity contribution is 7.86. The van der Waals surface area contributed by atoms with E-state index in [2.05, 4.69) is 0 Å². The zero-order valence-corrected chi connectivity index (χ0v) is 12.5. The second-order valence-corrected chi connectivity index (χ2v) is 6.72. The Morgan fingerprint density at radius 2 is 1.86 bits per heavy atom. The molecule has 110 valence electrons. The summed E-state index contributed by atoms with van der Waals surface area (Å²) in [5.41, 5.74) is 2.09. The van der Waals surface area contributed by atoms with Crippen LogP contribution < -0.4 is 4.74 Å². The van der Waals surface area contributed by atoms with Gasteiger partial charge in [-0.15, -0.1) is 0 Å². The van der Waals surface area contributed by atoms with E-state index in [1.54, 1.807) is 24.3 Å². The Morgan fingerprint density at radius 1 is 1.14 bits per heavy atom. The zero-order chi connectivity index (χ0) is 14.9. The highest BCUT2D eigenvalue weighted by Crippen LogP contribution is 2.28. The lowest BCUT2D eigenvalue weighted by atomic mass is 10.1.